The lowest BCUT2D eigenvalue weighted by molar-refractivity contribution is -0.116. The van der Waals surface area contributed by atoms with Crippen LogP contribution in [0.1, 0.15) is 149 Å². The maximum atomic E-state index is 11.4. The zero-order valence-electron chi connectivity index (χ0n) is 18.3. The van der Waals surface area contributed by atoms with E-state index in [0.717, 1.165) is 19.3 Å². The minimum Gasteiger partial charge on any atom is -0.299 e. The quantitative estimate of drug-likeness (QED) is 0.175. The molecule has 0 amide bonds. The second-order valence-corrected chi connectivity index (χ2v) is 8.19. The lowest BCUT2D eigenvalue weighted by atomic mass is 10.0. The monoisotopic (exact) mass is 365 g/mol. The average molecular weight is 366 g/mol. The topological polar surface area (TPSA) is 17.1 Å². The first-order chi connectivity index (χ1) is 12.8. The number of hydrogen-bond acceptors (Lipinski definition) is 1. The average Bonchev–Trinajstić information content (AvgIpc) is 2.64. The van der Waals surface area contributed by atoms with Gasteiger partial charge in [-0.1, -0.05) is 129 Å². The van der Waals surface area contributed by atoms with Crippen LogP contribution in [0.3, 0.4) is 0 Å². The molecular formula is C25H49O. The number of rotatable bonds is 22. The Morgan fingerprint density at radius 2 is 0.808 bits per heavy atom. The summed E-state index contributed by atoms with van der Waals surface area (Å²) in [6.07, 6.45) is 30.1. The normalized spacial score (nSPS) is 11.2. The fraction of sp³-hybridized carbons (Fsp3) is 0.920. The third-order valence-electron chi connectivity index (χ3n) is 5.46. The highest BCUT2D eigenvalue weighted by Crippen LogP contribution is 2.14. The molecule has 0 N–H and O–H groups in total. The molecule has 0 aromatic rings. The van der Waals surface area contributed by atoms with Crippen LogP contribution in [0.5, 0.6) is 0 Å². The van der Waals surface area contributed by atoms with Gasteiger partial charge in [0.1, 0.15) is 5.78 Å². The molecule has 0 fully saturated rings. The fourth-order valence-electron chi connectivity index (χ4n) is 3.71. The Hall–Kier alpha value is -0.330. The Morgan fingerprint density at radius 3 is 1.12 bits per heavy atom. The van der Waals surface area contributed by atoms with E-state index in [2.05, 4.69) is 6.92 Å². The van der Waals surface area contributed by atoms with Gasteiger partial charge < -0.3 is 0 Å². The molecule has 0 aliphatic rings. The van der Waals surface area contributed by atoms with Crippen molar-refractivity contribution in [2.24, 2.45) is 0 Å². The van der Waals surface area contributed by atoms with Gasteiger partial charge in [0.05, 0.1) is 0 Å². The van der Waals surface area contributed by atoms with Crippen LogP contribution in [0.25, 0.3) is 0 Å². The number of Topliss-reactive ketones (excluding diaryl/α,β-unsaturated/α-hetero) is 1. The van der Waals surface area contributed by atoms with Gasteiger partial charge in [0.2, 0.25) is 0 Å². The van der Waals surface area contributed by atoms with Gasteiger partial charge in [-0.3, -0.25) is 4.79 Å². The molecule has 0 spiro atoms. The summed E-state index contributed by atoms with van der Waals surface area (Å²) < 4.78 is 0. The summed E-state index contributed by atoms with van der Waals surface area (Å²) >= 11 is 0. The molecule has 0 aromatic carbocycles. The molecule has 0 aromatic heterocycles. The summed E-state index contributed by atoms with van der Waals surface area (Å²) in [4.78, 5) is 11.4. The Kier molecular flexibility index (Phi) is 22.4. The Labute approximate surface area is 166 Å². The van der Waals surface area contributed by atoms with Crippen LogP contribution in [-0.2, 0) is 4.79 Å². The first kappa shape index (κ1) is 25.7. The van der Waals surface area contributed by atoms with Crippen molar-refractivity contribution < 1.29 is 4.79 Å². The molecule has 0 bridgehead atoms. The standard InChI is InChI=1S/C25H49O/c1-3-5-6-7-8-9-10-11-12-13-14-15-16-17-18-19-20-21-22-24-25(26)23-4-2/h23H,3-22,24H2,1-2H3. The van der Waals surface area contributed by atoms with Crippen LogP contribution in [0, 0.1) is 6.42 Å². The molecule has 0 saturated carbocycles. The molecule has 0 atom stereocenters. The minimum atomic E-state index is 0.347. The molecule has 0 aliphatic carbocycles. The third-order valence-corrected chi connectivity index (χ3v) is 5.46. The van der Waals surface area contributed by atoms with Gasteiger partial charge >= 0.3 is 0 Å². The molecule has 0 unspecified atom stereocenters. The summed E-state index contributed by atoms with van der Waals surface area (Å²) in [5.74, 6) is 0.347. The molecule has 1 heteroatoms. The Morgan fingerprint density at radius 1 is 0.500 bits per heavy atom. The highest BCUT2D eigenvalue weighted by atomic mass is 16.1. The van der Waals surface area contributed by atoms with Gasteiger partial charge in [-0.25, -0.2) is 0 Å². The van der Waals surface area contributed by atoms with Crippen molar-refractivity contribution in [3.8, 4) is 0 Å². The lowest BCUT2D eigenvalue weighted by Gasteiger charge is -2.04. The van der Waals surface area contributed by atoms with E-state index in [1.165, 1.54) is 116 Å². The van der Waals surface area contributed by atoms with E-state index < -0.39 is 0 Å². The van der Waals surface area contributed by atoms with E-state index in [1.54, 1.807) is 0 Å². The first-order valence-corrected chi connectivity index (χ1v) is 12.2. The van der Waals surface area contributed by atoms with Crippen molar-refractivity contribution in [2.45, 2.75) is 149 Å². The summed E-state index contributed by atoms with van der Waals surface area (Å²) in [6, 6.07) is 0. The van der Waals surface area contributed by atoms with E-state index in [-0.39, 0.29) is 0 Å². The molecule has 0 heterocycles. The van der Waals surface area contributed by atoms with Crippen LogP contribution < -0.4 is 0 Å². The number of hydrogen-bond donors (Lipinski definition) is 0. The lowest BCUT2D eigenvalue weighted by Crippen LogP contribution is -1.97. The van der Waals surface area contributed by atoms with Gasteiger partial charge in [0, 0.05) is 12.8 Å². The van der Waals surface area contributed by atoms with Crippen molar-refractivity contribution in [2.75, 3.05) is 0 Å². The summed E-state index contributed by atoms with van der Waals surface area (Å²) in [7, 11) is 0. The summed E-state index contributed by atoms with van der Waals surface area (Å²) in [5, 5.41) is 0. The van der Waals surface area contributed by atoms with Crippen molar-refractivity contribution >= 4 is 5.78 Å². The molecule has 1 radical (unpaired) electrons. The third kappa shape index (κ3) is 21.7. The SMILES string of the molecule is CC[CH]C(=O)CCCCCCCCCCCCCCCCCCCCC. The van der Waals surface area contributed by atoms with Crippen LogP contribution in [0.4, 0.5) is 0 Å². The summed E-state index contributed by atoms with van der Waals surface area (Å²) in [6.45, 7) is 4.33. The smallest absolute Gasteiger partial charge is 0.136 e. The van der Waals surface area contributed by atoms with Gasteiger partial charge in [-0.05, 0) is 12.8 Å². The van der Waals surface area contributed by atoms with E-state index in [0.29, 0.717) is 5.78 Å². The van der Waals surface area contributed by atoms with E-state index in [4.69, 9.17) is 0 Å². The fourth-order valence-corrected chi connectivity index (χ4v) is 3.71. The maximum Gasteiger partial charge on any atom is 0.136 e. The van der Waals surface area contributed by atoms with Gasteiger partial charge in [-0.15, -0.1) is 0 Å². The molecule has 1 nitrogen and oxygen atoms in total. The Balaban J connectivity index is 3.02. The second-order valence-electron chi connectivity index (χ2n) is 8.19. The van der Waals surface area contributed by atoms with E-state index in [9.17, 15) is 4.79 Å². The van der Waals surface area contributed by atoms with Crippen LogP contribution >= 0.6 is 0 Å². The van der Waals surface area contributed by atoms with Gasteiger partial charge in [0.15, 0.2) is 0 Å². The summed E-state index contributed by atoms with van der Waals surface area (Å²) in [5.41, 5.74) is 0. The second kappa shape index (κ2) is 22.7. The van der Waals surface area contributed by atoms with Crippen LogP contribution in [0.15, 0.2) is 0 Å². The van der Waals surface area contributed by atoms with Crippen molar-refractivity contribution in [3.63, 3.8) is 0 Å². The molecule has 155 valence electrons. The number of unbranched alkanes of at least 4 members (excludes halogenated alkanes) is 18. The highest BCUT2D eigenvalue weighted by molar-refractivity contribution is 5.86. The zero-order chi connectivity index (χ0) is 19.1. The van der Waals surface area contributed by atoms with Crippen molar-refractivity contribution in [1.29, 1.82) is 0 Å². The molecular weight excluding hydrogens is 316 g/mol. The zero-order valence-corrected chi connectivity index (χ0v) is 18.3. The number of carbonyl (C=O) groups is 1. The number of carbonyl (C=O) groups excluding carboxylic acids is 1. The Bertz CT molecular complexity index is 271. The van der Waals surface area contributed by atoms with E-state index >= 15 is 0 Å². The molecule has 0 saturated heterocycles. The molecule has 0 aliphatic heterocycles. The predicted molar refractivity (Wildman–Crippen MR) is 118 cm³/mol. The predicted octanol–water partition coefficient (Wildman–Crippen LogP) is 8.99. The molecule has 26 heavy (non-hydrogen) atoms. The van der Waals surface area contributed by atoms with Crippen LogP contribution in [-0.4, -0.2) is 5.78 Å². The van der Waals surface area contributed by atoms with Crippen LogP contribution in [0.2, 0.25) is 0 Å². The van der Waals surface area contributed by atoms with Gasteiger partial charge in [0.25, 0.3) is 0 Å². The minimum absolute atomic E-state index is 0.347. The van der Waals surface area contributed by atoms with E-state index in [1.807, 2.05) is 13.3 Å². The van der Waals surface area contributed by atoms with Crippen molar-refractivity contribution in [1.82, 2.24) is 0 Å². The molecule has 0 rings (SSSR count). The first-order valence-electron chi connectivity index (χ1n) is 12.2. The van der Waals surface area contributed by atoms with Crippen molar-refractivity contribution in [3.05, 3.63) is 6.42 Å². The largest absolute Gasteiger partial charge is 0.299 e. The highest BCUT2D eigenvalue weighted by Gasteiger charge is 2.00. The number of ketones is 1. The maximum absolute atomic E-state index is 11.4. The van der Waals surface area contributed by atoms with Gasteiger partial charge in [-0.2, -0.15) is 0 Å².